The standard InChI is InChI=1S/C11H21NO2S/c1-4-14-10(13)11(12-9(2)3)5-7-15-8-6-11/h9,12H,4-8H2,1-3H3. The summed E-state index contributed by atoms with van der Waals surface area (Å²) >= 11 is 1.91. The van der Waals surface area contributed by atoms with Gasteiger partial charge in [-0.3, -0.25) is 10.1 Å². The fraction of sp³-hybridized carbons (Fsp3) is 0.909. The Bertz CT molecular complexity index is 213. The summed E-state index contributed by atoms with van der Waals surface area (Å²) in [6, 6.07) is 0.317. The highest BCUT2D eigenvalue weighted by Crippen LogP contribution is 2.28. The third-order valence-corrected chi connectivity index (χ3v) is 3.56. The minimum atomic E-state index is -0.421. The molecule has 1 fully saturated rings. The van der Waals surface area contributed by atoms with Crippen LogP contribution in [0.4, 0.5) is 0 Å². The molecular weight excluding hydrogens is 210 g/mol. The Balaban J connectivity index is 2.69. The molecule has 1 aliphatic rings. The maximum atomic E-state index is 12.0. The van der Waals surface area contributed by atoms with Gasteiger partial charge in [-0.05, 0) is 45.1 Å². The lowest BCUT2D eigenvalue weighted by Gasteiger charge is -2.37. The van der Waals surface area contributed by atoms with E-state index >= 15 is 0 Å². The molecule has 0 unspecified atom stereocenters. The highest BCUT2D eigenvalue weighted by Gasteiger charge is 2.41. The van der Waals surface area contributed by atoms with Gasteiger partial charge in [0.15, 0.2) is 0 Å². The molecule has 0 radical (unpaired) electrons. The van der Waals surface area contributed by atoms with Crippen LogP contribution in [0, 0.1) is 0 Å². The highest BCUT2D eigenvalue weighted by molar-refractivity contribution is 7.99. The molecule has 1 heterocycles. The molecule has 1 saturated heterocycles. The first-order valence-corrected chi connectivity index (χ1v) is 6.79. The minimum absolute atomic E-state index is 0.0704. The summed E-state index contributed by atoms with van der Waals surface area (Å²) < 4.78 is 5.17. The smallest absolute Gasteiger partial charge is 0.326 e. The Kier molecular flexibility index (Phi) is 4.93. The average Bonchev–Trinajstić information content (AvgIpc) is 2.18. The number of nitrogens with one attached hydrogen (secondary N) is 1. The minimum Gasteiger partial charge on any atom is -0.465 e. The van der Waals surface area contributed by atoms with Crippen LogP contribution in [0.1, 0.15) is 33.6 Å². The monoisotopic (exact) mass is 231 g/mol. The van der Waals surface area contributed by atoms with E-state index in [4.69, 9.17) is 4.74 Å². The van der Waals surface area contributed by atoms with Crippen LogP contribution >= 0.6 is 11.8 Å². The van der Waals surface area contributed by atoms with Gasteiger partial charge in [-0.15, -0.1) is 0 Å². The average molecular weight is 231 g/mol. The van der Waals surface area contributed by atoms with Gasteiger partial charge in [0.2, 0.25) is 0 Å². The molecule has 0 aromatic carbocycles. The van der Waals surface area contributed by atoms with E-state index in [1.54, 1.807) is 0 Å². The van der Waals surface area contributed by atoms with Crippen LogP contribution in [0.3, 0.4) is 0 Å². The van der Waals surface area contributed by atoms with Gasteiger partial charge in [0, 0.05) is 6.04 Å². The number of rotatable bonds is 4. The van der Waals surface area contributed by atoms with Crippen molar-refractivity contribution in [2.75, 3.05) is 18.1 Å². The first-order chi connectivity index (χ1) is 7.10. The van der Waals surface area contributed by atoms with Crippen molar-refractivity contribution in [3.05, 3.63) is 0 Å². The van der Waals surface area contributed by atoms with Crippen molar-refractivity contribution in [3.63, 3.8) is 0 Å². The van der Waals surface area contributed by atoms with Gasteiger partial charge in [0.05, 0.1) is 6.61 Å². The Labute approximate surface area is 96.3 Å². The third kappa shape index (κ3) is 3.38. The van der Waals surface area contributed by atoms with Crippen molar-refractivity contribution in [2.24, 2.45) is 0 Å². The summed E-state index contributed by atoms with van der Waals surface area (Å²) in [7, 11) is 0. The molecular formula is C11H21NO2S. The van der Waals surface area contributed by atoms with Crippen LogP contribution in [-0.4, -0.2) is 35.7 Å². The zero-order valence-electron chi connectivity index (χ0n) is 9.84. The molecule has 0 spiro atoms. The molecule has 0 aliphatic carbocycles. The summed E-state index contributed by atoms with van der Waals surface area (Å²) in [6.07, 6.45) is 1.77. The number of hydrogen-bond donors (Lipinski definition) is 1. The van der Waals surface area contributed by atoms with Gasteiger partial charge in [-0.25, -0.2) is 0 Å². The zero-order chi connectivity index (χ0) is 11.3. The largest absolute Gasteiger partial charge is 0.465 e. The van der Waals surface area contributed by atoms with Crippen molar-refractivity contribution in [3.8, 4) is 0 Å². The van der Waals surface area contributed by atoms with E-state index in [2.05, 4.69) is 19.2 Å². The van der Waals surface area contributed by atoms with Crippen LogP contribution < -0.4 is 5.32 Å². The number of thioether (sulfide) groups is 1. The van der Waals surface area contributed by atoms with Gasteiger partial charge in [0.1, 0.15) is 5.54 Å². The molecule has 1 N–H and O–H groups in total. The predicted molar refractivity (Wildman–Crippen MR) is 64.2 cm³/mol. The molecule has 0 amide bonds. The maximum Gasteiger partial charge on any atom is 0.326 e. The molecule has 0 aromatic rings. The van der Waals surface area contributed by atoms with Crippen LogP contribution in [-0.2, 0) is 9.53 Å². The molecule has 1 aliphatic heterocycles. The van der Waals surface area contributed by atoms with E-state index in [9.17, 15) is 4.79 Å². The zero-order valence-corrected chi connectivity index (χ0v) is 10.7. The number of carbonyl (C=O) groups is 1. The van der Waals surface area contributed by atoms with E-state index in [0.29, 0.717) is 12.6 Å². The lowest BCUT2D eigenvalue weighted by molar-refractivity contribution is -0.152. The van der Waals surface area contributed by atoms with Crippen LogP contribution in [0.15, 0.2) is 0 Å². The predicted octanol–water partition coefficient (Wildman–Crippen LogP) is 1.81. The van der Waals surface area contributed by atoms with E-state index in [-0.39, 0.29) is 5.97 Å². The highest BCUT2D eigenvalue weighted by atomic mass is 32.2. The fourth-order valence-electron chi connectivity index (χ4n) is 1.95. The number of esters is 1. The summed E-state index contributed by atoms with van der Waals surface area (Å²) in [6.45, 7) is 6.47. The van der Waals surface area contributed by atoms with E-state index < -0.39 is 5.54 Å². The Hall–Kier alpha value is -0.220. The van der Waals surface area contributed by atoms with Gasteiger partial charge >= 0.3 is 5.97 Å². The summed E-state index contributed by atoms with van der Waals surface area (Å²) in [4.78, 5) is 12.0. The van der Waals surface area contributed by atoms with E-state index in [1.807, 2.05) is 18.7 Å². The summed E-state index contributed by atoms with van der Waals surface area (Å²) in [5.41, 5.74) is -0.421. The van der Waals surface area contributed by atoms with Gasteiger partial charge < -0.3 is 4.74 Å². The fourth-order valence-corrected chi connectivity index (χ4v) is 3.14. The van der Waals surface area contributed by atoms with Crippen molar-refractivity contribution < 1.29 is 9.53 Å². The van der Waals surface area contributed by atoms with Crippen molar-refractivity contribution in [1.82, 2.24) is 5.32 Å². The van der Waals surface area contributed by atoms with E-state index in [1.165, 1.54) is 0 Å². The van der Waals surface area contributed by atoms with Crippen molar-refractivity contribution >= 4 is 17.7 Å². The second kappa shape index (κ2) is 5.75. The lowest BCUT2D eigenvalue weighted by Crippen LogP contribution is -2.57. The molecule has 0 atom stereocenters. The second-order valence-electron chi connectivity index (χ2n) is 4.21. The van der Waals surface area contributed by atoms with Crippen molar-refractivity contribution in [2.45, 2.75) is 45.2 Å². The summed E-state index contributed by atoms with van der Waals surface area (Å²) in [5.74, 6) is 2.01. The third-order valence-electron chi connectivity index (χ3n) is 2.58. The number of carbonyl (C=O) groups excluding carboxylic acids is 1. The van der Waals surface area contributed by atoms with Crippen molar-refractivity contribution in [1.29, 1.82) is 0 Å². The first kappa shape index (κ1) is 12.8. The summed E-state index contributed by atoms with van der Waals surface area (Å²) in [5, 5.41) is 3.39. The Morgan fingerprint density at radius 3 is 2.53 bits per heavy atom. The van der Waals surface area contributed by atoms with Crippen LogP contribution in [0.5, 0.6) is 0 Å². The topological polar surface area (TPSA) is 38.3 Å². The van der Waals surface area contributed by atoms with Gasteiger partial charge in [0.25, 0.3) is 0 Å². The lowest BCUT2D eigenvalue weighted by atomic mass is 9.91. The number of ether oxygens (including phenoxy) is 1. The SMILES string of the molecule is CCOC(=O)C1(NC(C)C)CCSCC1. The van der Waals surface area contributed by atoms with Gasteiger partial charge in [-0.1, -0.05) is 0 Å². The molecule has 15 heavy (non-hydrogen) atoms. The van der Waals surface area contributed by atoms with E-state index in [0.717, 1.165) is 24.3 Å². The molecule has 0 bridgehead atoms. The molecule has 88 valence electrons. The molecule has 4 heteroatoms. The first-order valence-electron chi connectivity index (χ1n) is 5.63. The number of hydrogen-bond acceptors (Lipinski definition) is 4. The molecule has 0 saturated carbocycles. The van der Waals surface area contributed by atoms with Gasteiger partial charge in [-0.2, -0.15) is 11.8 Å². The normalized spacial score (nSPS) is 20.3. The molecule has 0 aromatic heterocycles. The Morgan fingerprint density at radius 2 is 2.07 bits per heavy atom. The Morgan fingerprint density at radius 1 is 1.47 bits per heavy atom. The molecule has 3 nitrogen and oxygen atoms in total. The maximum absolute atomic E-state index is 12.0. The van der Waals surface area contributed by atoms with Crippen LogP contribution in [0.2, 0.25) is 0 Å². The second-order valence-corrected chi connectivity index (χ2v) is 5.44. The molecule has 1 rings (SSSR count). The quantitative estimate of drug-likeness (QED) is 0.749. The van der Waals surface area contributed by atoms with Crippen LogP contribution in [0.25, 0.3) is 0 Å².